The van der Waals surface area contributed by atoms with Gasteiger partial charge in [-0.1, -0.05) is 6.07 Å². The standard InChI is InChI=1S/C12H15NO3S.ClH/c14-11(4-3-10-2-1-7-17-10)13-6-5-9(8-13)12(15)16;/h1-2,7,9H,3-6,8H2,(H,15,16);1H. The molecule has 1 amide bonds. The molecule has 1 aliphatic rings. The summed E-state index contributed by atoms with van der Waals surface area (Å²) in [5, 5.41) is 10.9. The van der Waals surface area contributed by atoms with Crippen molar-refractivity contribution in [3.8, 4) is 0 Å². The van der Waals surface area contributed by atoms with Crippen LogP contribution in [0.15, 0.2) is 17.5 Å². The van der Waals surface area contributed by atoms with Gasteiger partial charge in [-0.2, -0.15) is 0 Å². The second-order valence-corrected chi connectivity index (χ2v) is 5.28. The summed E-state index contributed by atoms with van der Waals surface area (Å²) in [5.74, 6) is -1.10. The summed E-state index contributed by atoms with van der Waals surface area (Å²) >= 11 is 1.65. The zero-order chi connectivity index (χ0) is 12.3. The summed E-state index contributed by atoms with van der Waals surface area (Å²) in [6.45, 7) is 0.957. The number of amides is 1. The Bertz CT molecular complexity index is 407. The van der Waals surface area contributed by atoms with E-state index in [1.54, 1.807) is 16.2 Å². The summed E-state index contributed by atoms with van der Waals surface area (Å²) in [6.07, 6.45) is 1.82. The van der Waals surface area contributed by atoms with E-state index in [1.807, 2.05) is 17.5 Å². The number of aliphatic carboxylic acids is 1. The number of halogens is 1. The maximum Gasteiger partial charge on any atom is 0.308 e. The van der Waals surface area contributed by atoms with Crippen LogP contribution in [-0.2, 0) is 16.0 Å². The van der Waals surface area contributed by atoms with Crippen molar-refractivity contribution in [2.45, 2.75) is 19.3 Å². The van der Waals surface area contributed by atoms with Crippen LogP contribution in [0.1, 0.15) is 17.7 Å². The highest BCUT2D eigenvalue weighted by Gasteiger charge is 2.30. The SMILES string of the molecule is Cl.O=C(O)C1CCN(C(=O)CCc2cccs2)C1. The van der Waals surface area contributed by atoms with Gasteiger partial charge in [0.15, 0.2) is 0 Å². The first-order chi connectivity index (χ1) is 8.16. The summed E-state index contributed by atoms with van der Waals surface area (Å²) in [6, 6.07) is 3.99. The molecule has 1 aromatic rings. The molecule has 18 heavy (non-hydrogen) atoms. The van der Waals surface area contributed by atoms with Gasteiger partial charge in [0.25, 0.3) is 0 Å². The molecule has 1 aliphatic heterocycles. The molecular weight excluding hydrogens is 274 g/mol. The van der Waals surface area contributed by atoms with Crippen LogP contribution in [0.5, 0.6) is 0 Å². The lowest BCUT2D eigenvalue weighted by atomic mass is 10.1. The average molecular weight is 290 g/mol. The Hall–Kier alpha value is -1.07. The van der Waals surface area contributed by atoms with Gasteiger partial charge in [-0.15, -0.1) is 23.7 Å². The van der Waals surface area contributed by atoms with Crippen molar-refractivity contribution in [1.82, 2.24) is 4.90 Å². The van der Waals surface area contributed by atoms with E-state index >= 15 is 0 Å². The lowest BCUT2D eigenvalue weighted by Gasteiger charge is -2.15. The number of rotatable bonds is 4. The third-order valence-corrected chi connectivity index (χ3v) is 3.99. The zero-order valence-electron chi connectivity index (χ0n) is 9.87. The molecule has 0 bridgehead atoms. The third-order valence-electron chi connectivity index (χ3n) is 3.06. The molecule has 1 fully saturated rings. The fraction of sp³-hybridized carbons (Fsp3) is 0.500. The van der Waals surface area contributed by atoms with Crippen molar-refractivity contribution in [1.29, 1.82) is 0 Å². The quantitative estimate of drug-likeness (QED) is 0.923. The first-order valence-electron chi connectivity index (χ1n) is 5.70. The molecule has 0 radical (unpaired) electrons. The molecule has 0 aromatic carbocycles. The zero-order valence-corrected chi connectivity index (χ0v) is 11.5. The molecule has 0 saturated carbocycles. The van der Waals surface area contributed by atoms with Crippen molar-refractivity contribution < 1.29 is 14.7 Å². The predicted octanol–water partition coefficient (Wildman–Crippen LogP) is 2.04. The maximum atomic E-state index is 11.8. The number of carboxylic acids is 1. The molecule has 100 valence electrons. The van der Waals surface area contributed by atoms with Gasteiger partial charge < -0.3 is 10.0 Å². The fourth-order valence-electron chi connectivity index (χ4n) is 2.03. The molecule has 0 spiro atoms. The van der Waals surface area contributed by atoms with E-state index in [2.05, 4.69) is 0 Å². The number of hydrogen-bond donors (Lipinski definition) is 1. The van der Waals surface area contributed by atoms with E-state index in [9.17, 15) is 9.59 Å². The Morgan fingerprint density at radius 3 is 2.83 bits per heavy atom. The molecule has 2 rings (SSSR count). The summed E-state index contributed by atoms with van der Waals surface area (Å²) in [7, 11) is 0. The van der Waals surface area contributed by atoms with Gasteiger partial charge in [0.05, 0.1) is 5.92 Å². The first-order valence-corrected chi connectivity index (χ1v) is 6.58. The molecule has 1 N–H and O–H groups in total. The van der Waals surface area contributed by atoms with E-state index in [0.717, 1.165) is 6.42 Å². The number of carboxylic acid groups (broad SMARTS) is 1. The number of nitrogens with zero attached hydrogens (tertiary/aromatic N) is 1. The van der Waals surface area contributed by atoms with Crippen molar-refractivity contribution in [2.24, 2.45) is 5.92 Å². The second-order valence-electron chi connectivity index (χ2n) is 4.24. The van der Waals surface area contributed by atoms with Crippen molar-refractivity contribution in [3.63, 3.8) is 0 Å². The number of thiophene rings is 1. The smallest absolute Gasteiger partial charge is 0.308 e. The van der Waals surface area contributed by atoms with Gasteiger partial charge in [-0.25, -0.2) is 0 Å². The van der Waals surface area contributed by atoms with Gasteiger partial charge in [-0.05, 0) is 24.3 Å². The molecule has 1 saturated heterocycles. The minimum atomic E-state index is -0.793. The van der Waals surface area contributed by atoms with Crippen molar-refractivity contribution >= 4 is 35.6 Å². The van der Waals surface area contributed by atoms with Crippen molar-refractivity contribution in [2.75, 3.05) is 13.1 Å². The van der Waals surface area contributed by atoms with E-state index in [4.69, 9.17) is 5.11 Å². The summed E-state index contributed by atoms with van der Waals surface area (Å²) in [4.78, 5) is 25.5. The topological polar surface area (TPSA) is 57.6 Å². The minimum Gasteiger partial charge on any atom is -0.481 e. The van der Waals surface area contributed by atoms with Crippen LogP contribution in [0.2, 0.25) is 0 Å². The third kappa shape index (κ3) is 3.71. The van der Waals surface area contributed by atoms with Crippen LogP contribution >= 0.6 is 23.7 Å². The first kappa shape index (κ1) is 15.0. The Kier molecular flexibility index (Phi) is 5.62. The van der Waals surface area contributed by atoms with Crippen LogP contribution in [0.25, 0.3) is 0 Å². The van der Waals surface area contributed by atoms with Gasteiger partial charge in [0.1, 0.15) is 0 Å². The molecule has 2 heterocycles. The lowest BCUT2D eigenvalue weighted by molar-refractivity contribution is -0.141. The molecule has 4 nitrogen and oxygen atoms in total. The average Bonchev–Trinajstić information content (AvgIpc) is 2.96. The van der Waals surface area contributed by atoms with E-state index < -0.39 is 5.97 Å². The van der Waals surface area contributed by atoms with Crippen LogP contribution in [0.4, 0.5) is 0 Å². The number of hydrogen-bond acceptors (Lipinski definition) is 3. The molecule has 1 unspecified atom stereocenters. The Labute approximate surface area is 116 Å². The highest BCUT2D eigenvalue weighted by atomic mass is 35.5. The summed E-state index contributed by atoms with van der Waals surface area (Å²) < 4.78 is 0. The molecule has 6 heteroatoms. The van der Waals surface area contributed by atoms with Crippen LogP contribution in [-0.4, -0.2) is 35.0 Å². The number of carbonyl (C=O) groups excluding carboxylic acids is 1. The minimum absolute atomic E-state index is 0. The lowest BCUT2D eigenvalue weighted by Crippen LogP contribution is -2.30. The van der Waals surface area contributed by atoms with E-state index in [1.165, 1.54) is 4.88 Å². The Balaban J connectivity index is 0.00000162. The van der Waals surface area contributed by atoms with E-state index in [-0.39, 0.29) is 24.2 Å². The number of carbonyl (C=O) groups is 2. The Morgan fingerprint density at radius 2 is 2.28 bits per heavy atom. The van der Waals surface area contributed by atoms with Crippen LogP contribution in [0.3, 0.4) is 0 Å². The van der Waals surface area contributed by atoms with Crippen LogP contribution < -0.4 is 0 Å². The van der Waals surface area contributed by atoms with Gasteiger partial charge in [-0.3, -0.25) is 9.59 Å². The highest BCUT2D eigenvalue weighted by Crippen LogP contribution is 2.18. The number of likely N-dealkylation sites (tertiary alicyclic amines) is 1. The fourth-order valence-corrected chi connectivity index (χ4v) is 2.74. The van der Waals surface area contributed by atoms with Gasteiger partial charge in [0.2, 0.25) is 5.91 Å². The Morgan fingerprint density at radius 1 is 1.50 bits per heavy atom. The normalized spacial score (nSPS) is 18.4. The van der Waals surface area contributed by atoms with E-state index in [0.29, 0.717) is 25.9 Å². The second kappa shape index (κ2) is 6.75. The predicted molar refractivity (Wildman–Crippen MR) is 72.2 cm³/mol. The monoisotopic (exact) mass is 289 g/mol. The van der Waals surface area contributed by atoms with Gasteiger partial charge in [0, 0.05) is 24.4 Å². The largest absolute Gasteiger partial charge is 0.481 e. The molecule has 1 atom stereocenters. The van der Waals surface area contributed by atoms with Crippen LogP contribution in [0, 0.1) is 5.92 Å². The number of aryl methyl sites for hydroxylation is 1. The summed E-state index contributed by atoms with van der Waals surface area (Å²) in [5.41, 5.74) is 0. The highest BCUT2D eigenvalue weighted by molar-refractivity contribution is 7.09. The maximum absolute atomic E-state index is 11.8. The molecule has 1 aromatic heterocycles. The molecule has 0 aliphatic carbocycles. The molecular formula is C12H16ClNO3S. The van der Waals surface area contributed by atoms with Crippen molar-refractivity contribution in [3.05, 3.63) is 22.4 Å². The van der Waals surface area contributed by atoms with Gasteiger partial charge >= 0.3 is 5.97 Å².